The van der Waals surface area contributed by atoms with Crippen molar-refractivity contribution in [1.29, 1.82) is 5.26 Å². The Morgan fingerprint density at radius 1 is 1.27 bits per heavy atom. The standard InChI is InChI=1S/C10H5Br2N3/c11-8-3-1-2-4-9(8)15-10(12)7(5-13)6-14-15/h1-4,6H. The van der Waals surface area contributed by atoms with E-state index in [1.807, 2.05) is 24.3 Å². The van der Waals surface area contributed by atoms with Gasteiger partial charge in [-0.05, 0) is 44.0 Å². The molecular weight excluding hydrogens is 322 g/mol. The summed E-state index contributed by atoms with van der Waals surface area (Å²) < 4.78 is 3.26. The Kier molecular flexibility index (Phi) is 2.89. The van der Waals surface area contributed by atoms with Crippen LogP contribution in [0.25, 0.3) is 5.69 Å². The number of aromatic nitrogens is 2. The molecule has 0 aliphatic carbocycles. The Morgan fingerprint density at radius 3 is 2.60 bits per heavy atom. The van der Waals surface area contributed by atoms with Gasteiger partial charge < -0.3 is 0 Å². The Bertz CT molecular complexity index is 540. The van der Waals surface area contributed by atoms with Gasteiger partial charge in [0.05, 0.1) is 11.9 Å². The van der Waals surface area contributed by atoms with Gasteiger partial charge in [0.1, 0.15) is 16.2 Å². The SMILES string of the molecule is N#Cc1cnn(-c2ccccc2Br)c1Br. The molecule has 2 rings (SSSR count). The van der Waals surface area contributed by atoms with Crippen molar-refractivity contribution in [2.75, 3.05) is 0 Å². The highest BCUT2D eigenvalue weighted by molar-refractivity contribution is 9.11. The van der Waals surface area contributed by atoms with Gasteiger partial charge in [0.25, 0.3) is 0 Å². The van der Waals surface area contributed by atoms with Gasteiger partial charge in [0.15, 0.2) is 0 Å². The minimum absolute atomic E-state index is 0.519. The van der Waals surface area contributed by atoms with Crippen LogP contribution in [0, 0.1) is 11.3 Å². The number of rotatable bonds is 1. The summed E-state index contributed by atoms with van der Waals surface area (Å²) in [5, 5.41) is 12.9. The molecule has 5 heteroatoms. The Labute approximate surface area is 104 Å². The van der Waals surface area contributed by atoms with Crippen LogP contribution in [0.3, 0.4) is 0 Å². The average Bonchev–Trinajstić information content (AvgIpc) is 2.60. The summed E-state index contributed by atoms with van der Waals surface area (Å²) in [5.41, 5.74) is 1.41. The number of hydrogen-bond acceptors (Lipinski definition) is 2. The van der Waals surface area contributed by atoms with Gasteiger partial charge in [-0.15, -0.1) is 0 Å². The fourth-order valence-electron chi connectivity index (χ4n) is 1.20. The highest BCUT2D eigenvalue weighted by atomic mass is 79.9. The summed E-state index contributed by atoms with van der Waals surface area (Å²) in [6.07, 6.45) is 1.53. The van der Waals surface area contributed by atoms with E-state index in [4.69, 9.17) is 5.26 Å². The molecule has 0 atom stereocenters. The van der Waals surface area contributed by atoms with E-state index in [2.05, 4.69) is 43.0 Å². The lowest BCUT2D eigenvalue weighted by Gasteiger charge is -2.04. The zero-order chi connectivity index (χ0) is 10.8. The lowest BCUT2D eigenvalue weighted by molar-refractivity contribution is 0.856. The fraction of sp³-hybridized carbons (Fsp3) is 0. The van der Waals surface area contributed by atoms with Gasteiger partial charge in [-0.3, -0.25) is 0 Å². The largest absolute Gasteiger partial charge is 0.224 e. The first-order chi connectivity index (χ1) is 7.24. The van der Waals surface area contributed by atoms with E-state index in [1.54, 1.807) is 4.68 Å². The smallest absolute Gasteiger partial charge is 0.127 e. The van der Waals surface area contributed by atoms with Crippen molar-refractivity contribution < 1.29 is 0 Å². The molecule has 3 nitrogen and oxygen atoms in total. The molecule has 0 saturated heterocycles. The summed E-state index contributed by atoms with van der Waals surface area (Å²) in [4.78, 5) is 0. The molecule has 74 valence electrons. The zero-order valence-electron chi connectivity index (χ0n) is 7.48. The molecule has 0 fully saturated rings. The summed E-state index contributed by atoms with van der Waals surface area (Å²) >= 11 is 6.77. The summed E-state index contributed by atoms with van der Waals surface area (Å²) in [6.45, 7) is 0. The number of nitrogens with zero attached hydrogens (tertiary/aromatic N) is 3. The first-order valence-corrected chi connectivity index (χ1v) is 5.71. The maximum atomic E-state index is 8.80. The highest BCUT2D eigenvalue weighted by Gasteiger charge is 2.10. The predicted molar refractivity (Wildman–Crippen MR) is 63.7 cm³/mol. The van der Waals surface area contributed by atoms with Crippen molar-refractivity contribution in [1.82, 2.24) is 9.78 Å². The first kappa shape index (κ1) is 10.4. The molecule has 1 aromatic carbocycles. The van der Waals surface area contributed by atoms with E-state index in [9.17, 15) is 0 Å². The molecule has 0 unspecified atom stereocenters. The third kappa shape index (κ3) is 1.83. The molecule has 0 amide bonds. The van der Waals surface area contributed by atoms with Crippen LogP contribution >= 0.6 is 31.9 Å². The topological polar surface area (TPSA) is 41.6 Å². The second-order valence-electron chi connectivity index (χ2n) is 2.82. The molecule has 1 aromatic heterocycles. The summed E-state index contributed by atoms with van der Waals surface area (Å²) in [7, 11) is 0. The van der Waals surface area contributed by atoms with Crippen LogP contribution in [0.5, 0.6) is 0 Å². The third-order valence-corrected chi connectivity index (χ3v) is 3.35. The van der Waals surface area contributed by atoms with Gasteiger partial charge in [-0.2, -0.15) is 10.4 Å². The number of para-hydroxylation sites is 1. The van der Waals surface area contributed by atoms with Crippen molar-refractivity contribution in [3.63, 3.8) is 0 Å². The Balaban J connectivity index is 2.61. The van der Waals surface area contributed by atoms with Crippen LogP contribution in [0.4, 0.5) is 0 Å². The van der Waals surface area contributed by atoms with Crippen LogP contribution < -0.4 is 0 Å². The normalized spacial score (nSPS) is 9.93. The van der Waals surface area contributed by atoms with E-state index in [1.165, 1.54) is 6.20 Å². The average molecular weight is 327 g/mol. The predicted octanol–water partition coefficient (Wildman–Crippen LogP) is 3.27. The Hall–Kier alpha value is -1.12. The molecule has 0 spiro atoms. The van der Waals surface area contributed by atoms with Crippen molar-refractivity contribution in [3.05, 3.63) is 45.1 Å². The molecule has 0 aliphatic rings. The highest BCUT2D eigenvalue weighted by Crippen LogP contribution is 2.25. The third-order valence-electron chi connectivity index (χ3n) is 1.91. The minimum atomic E-state index is 0.519. The van der Waals surface area contributed by atoms with Crippen LogP contribution in [-0.2, 0) is 0 Å². The monoisotopic (exact) mass is 325 g/mol. The van der Waals surface area contributed by atoms with E-state index in [0.717, 1.165) is 10.2 Å². The van der Waals surface area contributed by atoms with Crippen LogP contribution in [-0.4, -0.2) is 9.78 Å². The molecule has 15 heavy (non-hydrogen) atoms. The summed E-state index contributed by atoms with van der Waals surface area (Å²) in [6, 6.07) is 9.75. The molecule has 1 heterocycles. The molecule has 0 bridgehead atoms. The number of halogens is 2. The summed E-state index contributed by atoms with van der Waals surface area (Å²) in [5.74, 6) is 0. The number of nitriles is 1. The second kappa shape index (κ2) is 4.17. The van der Waals surface area contributed by atoms with E-state index >= 15 is 0 Å². The molecule has 0 saturated carbocycles. The van der Waals surface area contributed by atoms with Crippen LogP contribution in [0.2, 0.25) is 0 Å². The molecule has 2 aromatic rings. The van der Waals surface area contributed by atoms with Gasteiger partial charge in [0.2, 0.25) is 0 Å². The van der Waals surface area contributed by atoms with Crippen molar-refractivity contribution in [2.24, 2.45) is 0 Å². The molecular formula is C10H5Br2N3. The maximum Gasteiger partial charge on any atom is 0.127 e. The first-order valence-electron chi connectivity index (χ1n) is 4.12. The van der Waals surface area contributed by atoms with E-state index in [-0.39, 0.29) is 0 Å². The zero-order valence-corrected chi connectivity index (χ0v) is 10.7. The van der Waals surface area contributed by atoms with Crippen molar-refractivity contribution in [3.8, 4) is 11.8 Å². The van der Waals surface area contributed by atoms with E-state index in [0.29, 0.717) is 10.2 Å². The van der Waals surface area contributed by atoms with Crippen molar-refractivity contribution >= 4 is 31.9 Å². The molecule has 0 radical (unpaired) electrons. The van der Waals surface area contributed by atoms with Crippen LogP contribution in [0.15, 0.2) is 39.5 Å². The number of benzene rings is 1. The fourth-order valence-corrected chi connectivity index (χ4v) is 2.13. The maximum absolute atomic E-state index is 8.80. The molecule has 0 N–H and O–H groups in total. The molecule has 0 aliphatic heterocycles. The lowest BCUT2D eigenvalue weighted by Crippen LogP contribution is -1.97. The second-order valence-corrected chi connectivity index (χ2v) is 4.43. The Morgan fingerprint density at radius 2 is 2.00 bits per heavy atom. The van der Waals surface area contributed by atoms with Crippen molar-refractivity contribution in [2.45, 2.75) is 0 Å². The van der Waals surface area contributed by atoms with Crippen LogP contribution in [0.1, 0.15) is 5.56 Å². The van der Waals surface area contributed by atoms with Gasteiger partial charge in [-0.1, -0.05) is 12.1 Å². The van der Waals surface area contributed by atoms with Gasteiger partial charge in [0, 0.05) is 4.47 Å². The number of hydrogen-bond donors (Lipinski definition) is 0. The van der Waals surface area contributed by atoms with Gasteiger partial charge >= 0.3 is 0 Å². The van der Waals surface area contributed by atoms with E-state index < -0.39 is 0 Å². The minimum Gasteiger partial charge on any atom is -0.224 e. The lowest BCUT2D eigenvalue weighted by atomic mass is 10.3. The van der Waals surface area contributed by atoms with Gasteiger partial charge in [-0.25, -0.2) is 4.68 Å². The quantitative estimate of drug-likeness (QED) is 0.807.